The van der Waals surface area contributed by atoms with E-state index in [1.54, 1.807) is 6.07 Å². The Hall–Kier alpha value is -2.14. The predicted molar refractivity (Wildman–Crippen MR) is 80.9 cm³/mol. The van der Waals surface area contributed by atoms with Crippen LogP contribution in [-0.2, 0) is 4.74 Å². The zero-order valence-electron chi connectivity index (χ0n) is 12.0. The summed E-state index contributed by atoms with van der Waals surface area (Å²) in [6.45, 7) is 5.35. The molecule has 0 saturated carbocycles. The fraction of sp³-hybridized carbons (Fsp3) is 0.375. The third-order valence-corrected chi connectivity index (χ3v) is 3.76. The number of aromatic carboxylic acids is 1. The van der Waals surface area contributed by atoms with Crippen LogP contribution in [0.3, 0.4) is 0 Å². The van der Waals surface area contributed by atoms with Crippen molar-refractivity contribution in [3.05, 3.63) is 36.0 Å². The number of anilines is 1. The Labute approximate surface area is 123 Å². The first-order valence-corrected chi connectivity index (χ1v) is 7.10. The van der Waals surface area contributed by atoms with Crippen LogP contribution in [0.5, 0.6) is 0 Å². The third kappa shape index (κ3) is 2.83. The molecular formula is C16H18N2O3. The van der Waals surface area contributed by atoms with Gasteiger partial charge in [0, 0.05) is 30.4 Å². The molecule has 0 radical (unpaired) electrons. The van der Waals surface area contributed by atoms with Gasteiger partial charge in [0.25, 0.3) is 0 Å². The first-order chi connectivity index (χ1) is 10.1. The van der Waals surface area contributed by atoms with E-state index in [9.17, 15) is 9.90 Å². The molecule has 1 fully saturated rings. The number of benzene rings is 1. The number of ether oxygens (including phenoxy) is 1. The number of hydrogen-bond acceptors (Lipinski definition) is 4. The van der Waals surface area contributed by atoms with Crippen LogP contribution in [0.25, 0.3) is 10.9 Å². The maximum absolute atomic E-state index is 11.3. The second kappa shape index (κ2) is 5.69. The van der Waals surface area contributed by atoms with E-state index in [4.69, 9.17) is 4.74 Å². The van der Waals surface area contributed by atoms with Crippen molar-refractivity contribution in [1.82, 2.24) is 4.98 Å². The van der Waals surface area contributed by atoms with Crippen LogP contribution in [0.1, 0.15) is 17.3 Å². The van der Waals surface area contributed by atoms with Gasteiger partial charge in [-0.2, -0.15) is 0 Å². The number of rotatable bonds is 2. The summed E-state index contributed by atoms with van der Waals surface area (Å²) in [5.41, 5.74) is 2.02. The van der Waals surface area contributed by atoms with Crippen molar-refractivity contribution in [1.29, 1.82) is 0 Å². The fourth-order valence-electron chi connectivity index (χ4n) is 2.73. The zero-order chi connectivity index (χ0) is 14.8. The monoisotopic (exact) mass is 286 g/mol. The molecule has 110 valence electrons. The highest BCUT2D eigenvalue weighted by Gasteiger charge is 2.17. The molecule has 0 aliphatic carbocycles. The van der Waals surface area contributed by atoms with Crippen LogP contribution in [-0.4, -0.2) is 42.4 Å². The molecule has 1 aliphatic rings. The Morgan fingerprint density at radius 2 is 2.29 bits per heavy atom. The second-order valence-corrected chi connectivity index (χ2v) is 5.49. The summed E-state index contributed by atoms with van der Waals surface area (Å²) >= 11 is 0. The number of carbonyl (C=O) groups is 1. The van der Waals surface area contributed by atoms with Crippen LogP contribution in [0.2, 0.25) is 0 Å². The van der Waals surface area contributed by atoms with Gasteiger partial charge in [0.05, 0.1) is 24.3 Å². The fourth-order valence-corrected chi connectivity index (χ4v) is 2.73. The Morgan fingerprint density at radius 3 is 3.10 bits per heavy atom. The number of carboxylic acids is 1. The topological polar surface area (TPSA) is 62.7 Å². The molecule has 1 aromatic carbocycles. The lowest BCUT2D eigenvalue weighted by atomic mass is 10.1. The molecule has 2 aromatic rings. The van der Waals surface area contributed by atoms with Gasteiger partial charge in [-0.05, 0) is 30.2 Å². The van der Waals surface area contributed by atoms with E-state index in [2.05, 4.69) is 16.8 Å². The quantitative estimate of drug-likeness (QED) is 0.918. The number of nitrogens with zero attached hydrogens (tertiary/aromatic N) is 2. The summed E-state index contributed by atoms with van der Waals surface area (Å²) in [5.74, 6) is -0.469. The molecule has 0 amide bonds. The minimum atomic E-state index is -0.924. The van der Waals surface area contributed by atoms with Gasteiger partial charge < -0.3 is 14.7 Å². The lowest BCUT2D eigenvalue weighted by Crippen LogP contribution is -2.28. The van der Waals surface area contributed by atoms with Crippen LogP contribution >= 0.6 is 0 Å². The minimum absolute atomic E-state index is 0.293. The normalized spacial score (nSPS) is 19.5. The van der Waals surface area contributed by atoms with Crippen molar-refractivity contribution in [3.63, 3.8) is 0 Å². The van der Waals surface area contributed by atoms with Gasteiger partial charge in [0.2, 0.25) is 0 Å². The molecule has 1 N–H and O–H groups in total. The first-order valence-electron chi connectivity index (χ1n) is 7.10. The van der Waals surface area contributed by atoms with Crippen molar-refractivity contribution >= 4 is 22.6 Å². The highest BCUT2D eigenvalue weighted by atomic mass is 16.5. The lowest BCUT2D eigenvalue weighted by molar-refractivity contribution is 0.0699. The molecule has 5 heteroatoms. The van der Waals surface area contributed by atoms with Crippen molar-refractivity contribution in [2.45, 2.75) is 6.92 Å². The van der Waals surface area contributed by atoms with E-state index >= 15 is 0 Å². The minimum Gasteiger partial charge on any atom is -0.478 e. The molecule has 2 heterocycles. The van der Waals surface area contributed by atoms with Crippen molar-refractivity contribution in [2.75, 3.05) is 31.2 Å². The summed E-state index contributed by atoms with van der Waals surface area (Å²) in [6.07, 6.45) is 1.54. The molecular weight excluding hydrogens is 268 g/mol. The molecule has 21 heavy (non-hydrogen) atoms. The third-order valence-electron chi connectivity index (χ3n) is 3.76. The molecule has 0 spiro atoms. The van der Waals surface area contributed by atoms with E-state index in [1.807, 2.05) is 18.2 Å². The zero-order valence-corrected chi connectivity index (χ0v) is 12.0. The van der Waals surface area contributed by atoms with Crippen molar-refractivity contribution < 1.29 is 14.6 Å². The Morgan fingerprint density at radius 1 is 1.43 bits per heavy atom. The molecule has 0 unspecified atom stereocenters. The maximum atomic E-state index is 11.3. The van der Waals surface area contributed by atoms with Gasteiger partial charge in [0.1, 0.15) is 0 Å². The molecule has 1 atom stereocenters. The second-order valence-electron chi connectivity index (χ2n) is 5.49. The lowest BCUT2D eigenvalue weighted by Gasteiger charge is -2.24. The van der Waals surface area contributed by atoms with Gasteiger partial charge in [-0.3, -0.25) is 4.98 Å². The predicted octanol–water partition coefficient (Wildman–Crippen LogP) is 2.41. The van der Waals surface area contributed by atoms with Gasteiger partial charge in [-0.25, -0.2) is 4.79 Å². The Balaban J connectivity index is 2.03. The number of hydrogen-bond donors (Lipinski definition) is 1. The SMILES string of the molecule is C[C@H]1COCCN(c2ccc3nccc(C(=O)O)c3c2)C1. The van der Waals surface area contributed by atoms with Crippen molar-refractivity contribution in [2.24, 2.45) is 5.92 Å². The number of fused-ring (bicyclic) bond motifs is 1. The summed E-state index contributed by atoms with van der Waals surface area (Å²) < 4.78 is 5.56. The van der Waals surface area contributed by atoms with E-state index in [-0.39, 0.29) is 0 Å². The number of carboxylic acid groups (broad SMARTS) is 1. The van der Waals surface area contributed by atoms with Gasteiger partial charge in [0.15, 0.2) is 0 Å². The summed E-state index contributed by atoms with van der Waals surface area (Å²) in [5, 5.41) is 9.99. The largest absolute Gasteiger partial charge is 0.478 e. The van der Waals surface area contributed by atoms with Gasteiger partial charge in [-0.15, -0.1) is 0 Å². The van der Waals surface area contributed by atoms with E-state index in [0.29, 0.717) is 29.0 Å². The standard InChI is InChI=1S/C16H18N2O3/c1-11-9-18(6-7-21-10-11)12-2-3-15-14(8-12)13(16(19)20)4-5-17-15/h2-5,8,11H,6-7,9-10H2,1H3,(H,19,20)/t11-/m1/s1. The molecule has 1 aromatic heterocycles. The van der Waals surface area contributed by atoms with Crippen LogP contribution in [0.4, 0.5) is 5.69 Å². The van der Waals surface area contributed by atoms with Gasteiger partial charge in [-0.1, -0.05) is 6.92 Å². The Kier molecular flexibility index (Phi) is 3.75. The van der Waals surface area contributed by atoms with Crippen LogP contribution in [0.15, 0.2) is 30.5 Å². The average molecular weight is 286 g/mol. The highest BCUT2D eigenvalue weighted by molar-refractivity contribution is 6.03. The summed E-state index contributed by atoms with van der Waals surface area (Å²) in [7, 11) is 0. The highest BCUT2D eigenvalue weighted by Crippen LogP contribution is 2.25. The molecule has 5 nitrogen and oxygen atoms in total. The van der Waals surface area contributed by atoms with E-state index in [1.165, 1.54) is 6.20 Å². The molecule has 1 saturated heterocycles. The summed E-state index contributed by atoms with van der Waals surface area (Å²) in [4.78, 5) is 17.8. The molecule has 3 rings (SSSR count). The maximum Gasteiger partial charge on any atom is 0.336 e. The average Bonchev–Trinajstić information content (AvgIpc) is 2.70. The van der Waals surface area contributed by atoms with E-state index < -0.39 is 5.97 Å². The Bertz CT molecular complexity index is 672. The molecule has 1 aliphatic heterocycles. The number of pyridine rings is 1. The van der Waals surface area contributed by atoms with Gasteiger partial charge >= 0.3 is 5.97 Å². The van der Waals surface area contributed by atoms with Crippen LogP contribution < -0.4 is 4.90 Å². The summed E-state index contributed by atoms with van der Waals surface area (Å²) in [6, 6.07) is 7.35. The smallest absolute Gasteiger partial charge is 0.336 e. The molecule has 0 bridgehead atoms. The first kappa shape index (κ1) is 13.8. The van der Waals surface area contributed by atoms with Crippen molar-refractivity contribution in [3.8, 4) is 0 Å². The van der Waals surface area contributed by atoms with Crippen LogP contribution in [0, 0.1) is 5.92 Å². The van der Waals surface area contributed by atoms with E-state index in [0.717, 1.165) is 25.4 Å². The number of aromatic nitrogens is 1.